The zero-order valence-corrected chi connectivity index (χ0v) is 9.78. The molecular formula is C10H19N5. The molecule has 0 spiro atoms. The third-order valence-electron chi connectivity index (χ3n) is 1.97. The van der Waals surface area contributed by atoms with E-state index in [-0.39, 0.29) is 0 Å². The Morgan fingerprint density at radius 1 is 1.67 bits per heavy atom. The monoisotopic (exact) mass is 209 g/mol. The van der Waals surface area contributed by atoms with Gasteiger partial charge in [0.1, 0.15) is 0 Å². The van der Waals surface area contributed by atoms with E-state index in [0.717, 1.165) is 11.3 Å². The van der Waals surface area contributed by atoms with Crippen LogP contribution in [0.5, 0.6) is 0 Å². The number of nitrogens with zero attached hydrogens (tertiary/aromatic N) is 3. The second-order valence-corrected chi connectivity index (χ2v) is 3.91. The van der Waals surface area contributed by atoms with Crippen LogP contribution in [-0.4, -0.2) is 21.8 Å². The van der Waals surface area contributed by atoms with E-state index >= 15 is 0 Å². The zero-order valence-electron chi connectivity index (χ0n) is 9.78. The van der Waals surface area contributed by atoms with E-state index in [0.29, 0.717) is 18.5 Å². The Morgan fingerprint density at radius 2 is 2.33 bits per heavy atom. The number of aromatic nitrogens is 2. The molecule has 0 saturated heterocycles. The number of nitrogens with one attached hydrogen (secondary N) is 1. The fourth-order valence-corrected chi connectivity index (χ4v) is 1.32. The third kappa shape index (κ3) is 3.61. The minimum Gasteiger partial charge on any atom is -0.370 e. The number of hydrogen-bond donors (Lipinski definition) is 2. The molecule has 1 heterocycles. The van der Waals surface area contributed by atoms with Gasteiger partial charge >= 0.3 is 0 Å². The number of aliphatic imine (C=N–C) groups is 1. The number of nitrogens with two attached hydrogens (primary N) is 1. The number of rotatable bonds is 3. The maximum Gasteiger partial charge on any atom is 0.189 e. The molecule has 0 bridgehead atoms. The summed E-state index contributed by atoms with van der Waals surface area (Å²) in [4.78, 5) is 4.24. The average Bonchev–Trinajstić information content (AvgIpc) is 2.40. The van der Waals surface area contributed by atoms with Gasteiger partial charge in [-0.15, -0.1) is 0 Å². The molecule has 1 rings (SSSR count). The van der Waals surface area contributed by atoms with Gasteiger partial charge in [0.15, 0.2) is 5.96 Å². The molecular weight excluding hydrogens is 190 g/mol. The van der Waals surface area contributed by atoms with Crippen LogP contribution in [0.3, 0.4) is 0 Å². The summed E-state index contributed by atoms with van der Waals surface area (Å²) in [6.07, 6.45) is 1.96. The van der Waals surface area contributed by atoms with E-state index in [1.165, 1.54) is 0 Å². The van der Waals surface area contributed by atoms with E-state index in [4.69, 9.17) is 5.73 Å². The highest BCUT2D eigenvalue weighted by Gasteiger charge is 2.02. The molecule has 5 nitrogen and oxygen atoms in total. The van der Waals surface area contributed by atoms with Crippen molar-refractivity contribution in [2.45, 2.75) is 33.4 Å². The lowest BCUT2D eigenvalue weighted by Crippen LogP contribution is -2.36. The first kappa shape index (κ1) is 11.6. The Kier molecular flexibility index (Phi) is 3.71. The fraction of sp³-hybridized carbons (Fsp3) is 0.600. The molecule has 1 aromatic heterocycles. The van der Waals surface area contributed by atoms with Gasteiger partial charge in [-0.05, 0) is 20.8 Å². The molecule has 1 aromatic rings. The first-order valence-electron chi connectivity index (χ1n) is 5.04. The van der Waals surface area contributed by atoms with E-state index < -0.39 is 0 Å². The van der Waals surface area contributed by atoms with Gasteiger partial charge in [-0.25, -0.2) is 4.99 Å². The molecule has 0 saturated carbocycles. The van der Waals surface area contributed by atoms with Crippen molar-refractivity contribution < 1.29 is 0 Å². The second-order valence-electron chi connectivity index (χ2n) is 3.91. The molecule has 0 unspecified atom stereocenters. The predicted molar refractivity (Wildman–Crippen MR) is 61.5 cm³/mol. The lowest BCUT2D eigenvalue weighted by Gasteiger charge is -2.07. The van der Waals surface area contributed by atoms with Gasteiger partial charge in [0.25, 0.3) is 0 Å². The van der Waals surface area contributed by atoms with E-state index in [1.54, 1.807) is 4.68 Å². The summed E-state index contributed by atoms with van der Waals surface area (Å²) in [6.45, 7) is 6.59. The maximum absolute atomic E-state index is 5.69. The van der Waals surface area contributed by atoms with Gasteiger partial charge < -0.3 is 11.1 Å². The highest BCUT2D eigenvalue weighted by Crippen LogP contribution is 2.05. The van der Waals surface area contributed by atoms with E-state index in [9.17, 15) is 0 Å². The van der Waals surface area contributed by atoms with Crippen LogP contribution in [0, 0.1) is 6.92 Å². The molecule has 0 radical (unpaired) electrons. The first-order valence-corrected chi connectivity index (χ1v) is 5.04. The molecule has 3 N–H and O–H groups in total. The molecule has 0 fully saturated rings. The van der Waals surface area contributed by atoms with Crippen molar-refractivity contribution in [1.29, 1.82) is 0 Å². The number of hydrogen-bond acceptors (Lipinski definition) is 2. The normalized spacial score (nSPS) is 12.2. The van der Waals surface area contributed by atoms with Gasteiger partial charge in [-0.1, -0.05) is 0 Å². The van der Waals surface area contributed by atoms with Crippen molar-refractivity contribution in [2.75, 3.05) is 0 Å². The van der Waals surface area contributed by atoms with Crippen LogP contribution >= 0.6 is 0 Å². The smallest absolute Gasteiger partial charge is 0.189 e. The van der Waals surface area contributed by atoms with Crippen molar-refractivity contribution in [3.63, 3.8) is 0 Å². The summed E-state index contributed by atoms with van der Waals surface area (Å²) in [5.41, 5.74) is 7.79. The zero-order chi connectivity index (χ0) is 11.4. The standard InChI is InChI=1S/C10H19N5/c1-7(2)13-10(11)12-5-9-6-15(4)14-8(9)3/h6-7H,5H2,1-4H3,(H3,11,12,13). The number of guanidine groups is 1. The average molecular weight is 209 g/mol. The summed E-state index contributed by atoms with van der Waals surface area (Å²) in [7, 11) is 1.90. The van der Waals surface area contributed by atoms with Gasteiger partial charge in [0, 0.05) is 24.8 Å². The summed E-state index contributed by atoms with van der Waals surface area (Å²) in [6, 6.07) is 0.309. The van der Waals surface area contributed by atoms with Crippen LogP contribution in [0.4, 0.5) is 0 Å². The Balaban J connectivity index is 2.59. The van der Waals surface area contributed by atoms with Crippen LogP contribution in [0.2, 0.25) is 0 Å². The third-order valence-corrected chi connectivity index (χ3v) is 1.97. The summed E-state index contributed by atoms with van der Waals surface area (Å²) in [5, 5.41) is 7.28. The van der Waals surface area contributed by atoms with Crippen molar-refractivity contribution >= 4 is 5.96 Å². The van der Waals surface area contributed by atoms with Crippen molar-refractivity contribution in [3.8, 4) is 0 Å². The molecule has 0 aliphatic rings. The van der Waals surface area contributed by atoms with Crippen molar-refractivity contribution in [3.05, 3.63) is 17.5 Å². The SMILES string of the molecule is Cc1nn(C)cc1CN=C(N)NC(C)C. The Labute approximate surface area is 90.4 Å². The van der Waals surface area contributed by atoms with Gasteiger partial charge in [0.2, 0.25) is 0 Å². The maximum atomic E-state index is 5.69. The fourth-order valence-electron chi connectivity index (χ4n) is 1.32. The van der Waals surface area contributed by atoms with Crippen LogP contribution in [0.1, 0.15) is 25.1 Å². The Hall–Kier alpha value is -1.52. The lowest BCUT2D eigenvalue weighted by molar-refractivity contribution is 0.723. The van der Waals surface area contributed by atoms with Crippen molar-refractivity contribution in [2.24, 2.45) is 17.8 Å². The van der Waals surface area contributed by atoms with Gasteiger partial charge in [-0.3, -0.25) is 4.68 Å². The molecule has 0 atom stereocenters. The molecule has 15 heavy (non-hydrogen) atoms. The molecule has 5 heteroatoms. The van der Waals surface area contributed by atoms with Crippen molar-refractivity contribution in [1.82, 2.24) is 15.1 Å². The summed E-state index contributed by atoms with van der Waals surface area (Å²) < 4.78 is 1.78. The van der Waals surface area contributed by atoms with Crippen LogP contribution in [0.15, 0.2) is 11.2 Å². The molecule has 0 aromatic carbocycles. The quantitative estimate of drug-likeness (QED) is 0.564. The van der Waals surface area contributed by atoms with Crippen LogP contribution < -0.4 is 11.1 Å². The topological polar surface area (TPSA) is 68.2 Å². The largest absolute Gasteiger partial charge is 0.370 e. The van der Waals surface area contributed by atoms with Gasteiger partial charge in [-0.2, -0.15) is 5.10 Å². The van der Waals surface area contributed by atoms with Gasteiger partial charge in [0.05, 0.1) is 12.2 Å². The number of aryl methyl sites for hydroxylation is 2. The molecule has 0 amide bonds. The predicted octanol–water partition coefficient (Wildman–Crippen LogP) is 0.541. The highest BCUT2D eigenvalue weighted by molar-refractivity contribution is 5.78. The Bertz CT molecular complexity index is 351. The lowest BCUT2D eigenvalue weighted by atomic mass is 10.3. The minimum absolute atomic E-state index is 0.309. The minimum atomic E-state index is 0.309. The molecule has 0 aliphatic heterocycles. The molecule has 0 aliphatic carbocycles. The highest BCUT2D eigenvalue weighted by atomic mass is 15.3. The Morgan fingerprint density at radius 3 is 2.80 bits per heavy atom. The van der Waals surface area contributed by atoms with Crippen LogP contribution in [0.25, 0.3) is 0 Å². The molecule has 84 valence electrons. The summed E-state index contributed by atoms with van der Waals surface area (Å²) >= 11 is 0. The second kappa shape index (κ2) is 4.82. The summed E-state index contributed by atoms with van der Waals surface area (Å²) in [5.74, 6) is 0.480. The van der Waals surface area contributed by atoms with E-state index in [1.807, 2.05) is 34.0 Å². The first-order chi connectivity index (χ1) is 6.99. The van der Waals surface area contributed by atoms with E-state index in [2.05, 4.69) is 15.4 Å². The van der Waals surface area contributed by atoms with Crippen LogP contribution in [-0.2, 0) is 13.6 Å².